The minimum absolute atomic E-state index is 0.314. The molecular formula is C12H18N2O2S. The van der Waals surface area contributed by atoms with Crippen LogP contribution in [-0.2, 0) is 4.74 Å². The van der Waals surface area contributed by atoms with Crippen LogP contribution in [0, 0.1) is 0 Å². The van der Waals surface area contributed by atoms with Gasteiger partial charge in [-0.15, -0.1) is 0 Å². The summed E-state index contributed by atoms with van der Waals surface area (Å²) in [5, 5.41) is 0. The fraction of sp³-hybridized carbons (Fsp3) is 0.500. The molecule has 0 atom stereocenters. The monoisotopic (exact) mass is 254 g/mol. The standard InChI is InChI=1S/C12H18N2O2S/c1-2-3-6-15-7-8-16-11-9-14-5-4-10(11)12(13)17/h4-5,9H,2-3,6-8H2,1H3,(H2,13,17). The lowest BCUT2D eigenvalue weighted by Gasteiger charge is -2.09. The second kappa shape index (κ2) is 7.97. The van der Waals surface area contributed by atoms with Crippen molar-refractivity contribution < 1.29 is 9.47 Å². The number of pyridine rings is 1. The Balaban J connectivity index is 2.34. The first-order valence-corrected chi connectivity index (χ1v) is 6.11. The van der Waals surface area contributed by atoms with E-state index in [0.717, 1.165) is 19.4 Å². The highest BCUT2D eigenvalue weighted by molar-refractivity contribution is 7.80. The number of hydrogen-bond acceptors (Lipinski definition) is 4. The van der Waals surface area contributed by atoms with Crippen molar-refractivity contribution in [3.05, 3.63) is 24.0 Å². The van der Waals surface area contributed by atoms with Crippen molar-refractivity contribution in [2.75, 3.05) is 19.8 Å². The molecule has 0 saturated heterocycles. The van der Waals surface area contributed by atoms with Crippen molar-refractivity contribution in [2.45, 2.75) is 19.8 Å². The molecule has 17 heavy (non-hydrogen) atoms. The van der Waals surface area contributed by atoms with E-state index in [1.54, 1.807) is 18.5 Å². The van der Waals surface area contributed by atoms with E-state index in [2.05, 4.69) is 11.9 Å². The Morgan fingerprint density at radius 3 is 2.94 bits per heavy atom. The van der Waals surface area contributed by atoms with Crippen molar-refractivity contribution in [1.82, 2.24) is 4.98 Å². The van der Waals surface area contributed by atoms with Crippen LogP contribution >= 0.6 is 12.2 Å². The average Bonchev–Trinajstić information content (AvgIpc) is 2.34. The zero-order valence-electron chi connectivity index (χ0n) is 10.0. The van der Waals surface area contributed by atoms with Gasteiger partial charge in [-0.05, 0) is 12.5 Å². The minimum Gasteiger partial charge on any atom is -0.489 e. The number of aromatic nitrogens is 1. The molecule has 1 aromatic rings. The number of nitrogens with two attached hydrogens (primary N) is 1. The molecular weight excluding hydrogens is 236 g/mol. The van der Waals surface area contributed by atoms with E-state index in [4.69, 9.17) is 27.4 Å². The SMILES string of the molecule is CCCCOCCOc1cnccc1C(N)=S. The van der Waals surface area contributed by atoms with E-state index >= 15 is 0 Å². The molecule has 0 aliphatic rings. The Kier molecular flexibility index (Phi) is 6.50. The summed E-state index contributed by atoms with van der Waals surface area (Å²) in [4.78, 5) is 4.29. The summed E-state index contributed by atoms with van der Waals surface area (Å²) < 4.78 is 10.9. The van der Waals surface area contributed by atoms with E-state index in [0.29, 0.717) is 29.5 Å². The molecule has 2 N–H and O–H groups in total. The van der Waals surface area contributed by atoms with Gasteiger partial charge in [0.1, 0.15) is 17.3 Å². The normalized spacial score (nSPS) is 10.2. The van der Waals surface area contributed by atoms with Crippen molar-refractivity contribution in [3.63, 3.8) is 0 Å². The molecule has 0 aliphatic carbocycles. The van der Waals surface area contributed by atoms with Gasteiger partial charge in [0, 0.05) is 12.8 Å². The summed E-state index contributed by atoms with van der Waals surface area (Å²) in [6.07, 6.45) is 5.46. The predicted octanol–water partition coefficient (Wildman–Crippen LogP) is 1.91. The molecule has 0 aliphatic heterocycles. The first-order chi connectivity index (χ1) is 8.25. The number of thiocarbonyl (C=S) groups is 1. The fourth-order valence-electron chi connectivity index (χ4n) is 1.26. The average molecular weight is 254 g/mol. The Labute approximate surface area is 107 Å². The summed E-state index contributed by atoms with van der Waals surface area (Å²) in [6.45, 7) is 3.94. The third-order valence-corrected chi connectivity index (χ3v) is 2.40. The van der Waals surface area contributed by atoms with Crippen LogP contribution in [-0.4, -0.2) is 29.8 Å². The van der Waals surface area contributed by atoms with Crippen LogP contribution in [0.1, 0.15) is 25.3 Å². The van der Waals surface area contributed by atoms with Gasteiger partial charge in [-0.1, -0.05) is 25.6 Å². The quantitative estimate of drug-likeness (QED) is 0.567. The Morgan fingerprint density at radius 1 is 1.41 bits per heavy atom. The van der Waals surface area contributed by atoms with Gasteiger partial charge in [0.15, 0.2) is 0 Å². The maximum Gasteiger partial charge on any atom is 0.147 e. The van der Waals surface area contributed by atoms with Gasteiger partial charge < -0.3 is 15.2 Å². The number of unbranched alkanes of at least 4 members (excludes halogenated alkanes) is 1. The summed E-state index contributed by atoms with van der Waals surface area (Å²) >= 11 is 4.92. The highest BCUT2D eigenvalue weighted by atomic mass is 32.1. The molecule has 0 saturated carbocycles. The maximum atomic E-state index is 5.58. The number of nitrogens with zero attached hydrogens (tertiary/aromatic N) is 1. The summed E-state index contributed by atoms with van der Waals surface area (Å²) in [5.74, 6) is 0.610. The minimum atomic E-state index is 0.314. The fourth-order valence-corrected chi connectivity index (χ4v) is 1.43. The topological polar surface area (TPSA) is 57.4 Å². The Morgan fingerprint density at radius 2 is 2.24 bits per heavy atom. The second-order valence-electron chi connectivity index (χ2n) is 3.55. The van der Waals surface area contributed by atoms with Crippen LogP contribution in [0.25, 0.3) is 0 Å². The number of hydrogen-bond donors (Lipinski definition) is 1. The molecule has 1 aromatic heterocycles. The predicted molar refractivity (Wildman–Crippen MR) is 71.3 cm³/mol. The largest absolute Gasteiger partial charge is 0.489 e. The van der Waals surface area contributed by atoms with Gasteiger partial charge >= 0.3 is 0 Å². The van der Waals surface area contributed by atoms with Crippen LogP contribution in [0.15, 0.2) is 18.5 Å². The lowest BCUT2D eigenvalue weighted by molar-refractivity contribution is 0.0979. The zero-order chi connectivity index (χ0) is 12.5. The highest BCUT2D eigenvalue weighted by Gasteiger charge is 2.05. The molecule has 1 rings (SSSR count). The van der Waals surface area contributed by atoms with Gasteiger partial charge in [0.05, 0.1) is 18.4 Å². The van der Waals surface area contributed by atoms with E-state index in [1.165, 1.54) is 0 Å². The number of rotatable bonds is 8. The van der Waals surface area contributed by atoms with Gasteiger partial charge in [-0.3, -0.25) is 4.98 Å². The molecule has 0 fully saturated rings. The van der Waals surface area contributed by atoms with Gasteiger partial charge in [-0.2, -0.15) is 0 Å². The molecule has 0 aromatic carbocycles. The van der Waals surface area contributed by atoms with E-state index < -0.39 is 0 Å². The van der Waals surface area contributed by atoms with Crippen molar-refractivity contribution in [3.8, 4) is 5.75 Å². The lowest BCUT2D eigenvalue weighted by Crippen LogP contribution is -2.14. The molecule has 1 heterocycles. The first kappa shape index (κ1) is 13.9. The second-order valence-corrected chi connectivity index (χ2v) is 3.99. The third-order valence-electron chi connectivity index (χ3n) is 2.18. The Bertz CT molecular complexity index is 358. The van der Waals surface area contributed by atoms with Crippen LogP contribution in [0.3, 0.4) is 0 Å². The van der Waals surface area contributed by atoms with Crippen LogP contribution in [0.4, 0.5) is 0 Å². The molecule has 5 heteroatoms. The Hall–Kier alpha value is -1.20. The molecule has 0 amide bonds. The van der Waals surface area contributed by atoms with Gasteiger partial charge in [0.25, 0.3) is 0 Å². The smallest absolute Gasteiger partial charge is 0.147 e. The van der Waals surface area contributed by atoms with Crippen molar-refractivity contribution >= 4 is 17.2 Å². The molecule has 94 valence electrons. The zero-order valence-corrected chi connectivity index (χ0v) is 10.8. The third kappa shape index (κ3) is 5.10. The van der Waals surface area contributed by atoms with Crippen molar-refractivity contribution in [1.29, 1.82) is 0 Å². The highest BCUT2D eigenvalue weighted by Crippen LogP contribution is 2.15. The summed E-state index contributed by atoms with van der Waals surface area (Å²) in [6, 6.07) is 1.75. The molecule has 0 unspecified atom stereocenters. The molecule has 0 spiro atoms. The molecule has 0 bridgehead atoms. The summed E-state index contributed by atoms with van der Waals surface area (Å²) in [7, 11) is 0. The van der Waals surface area contributed by atoms with E-state index in [9.17, 15) is 0 Å². The number of ether oxygens (including phenoxy) is 2. The van der Waals surface area contributed by atoms with Crippen molar-refractivity contribution in [2.24, 2.45) is 5.73 Å². The van der Waals surface area contributed by atoms with E-state index in [-0.39, 0.29) is 0 Å². The lowest BCUT2D eigenvalue weighted by atomic mass is 10.2. The first-order valence-electron chi connectivity index (χ1n) is 5.70. The maximum absolute atomic E-state index is 5.58. The molecule has 0 radical (unpaired) electrons. The van der Waals surface area contributed by atoms with Gasteiger partial charge in [-0.25, -0.2) is 0 Å². The summed E-state index contributed by atoms with van der Waals surface area (Å²) in [5.41, 5.74) is 6.29. The van der Waals surface area contributed by atoms with Crippen LogP contribution in [0.2, 0.25) is 0 Å². The molecule has 4 nitrogen and oxygen atoms in total. The van der Waals surface area contributed by atoms with Crippen LogP contribution in [0.5, 0.6) is 5.75 Å². The van der Waals surface area contributed by atoms with E-state index in [1.807, 2.05) is 0 Å². The van der Waals surface area contributed by atoms with Gasteiger partial charge in [0.2, 0.25) is 0 Å². The van der Waals surface area contributed by atoms with Crippen LogP contribution < -0.4 is 10.5 Å².